The van der Waals surface area contributed by atoms with Crippen LogP contribution in [-0.2, 0) is 28.6 Å². The minimum Gasteiger partial charge on any atom is -0.462 e. The van der Waals surface area contributed by atoms with Gasteiger partial charge in [0, 0.05) is 19.3 Å². The first-order valence-corrected chi connectivity index (χ1v) is 24.3. The van der Waals surface area contributed by atoms with Gasteiger partial charge in [-0.1, -0.05) is 193 Å². The number of unbranched alkanes of at least 4 members (excludes halogenated alkanes) is 29. The average molecular weight is 789 g/mol. The second-order valence-electron chi connectivity index (χ2n) is 16.4. The molecule has 6 heteroatoms. The molecule has 0 N–H and O–H groups in total. The number of esters is 3. The maximum absolute atomic E-state index is 12.7. The van der Waals surface area contributed by atoms with Crippen LogP contribution in [0, 0.1) is 0 Å². The van der Waals surface area contributed by atoms with Crippen LogP contribution in [0.4, 0.5) is 0 Å². The van der Waals surface area contributed by atoms with E-state index in [0.717, 1.165) is 70.6 Å². The van der Waals surface area contributed by atoms with Crippen LogP contribution in [0.1, 0.15) is 258 Å². The van der Waals surface area contributed by atoms with Crippen molar-refractivity contribution in [1.82, 2.24) is 0 Å². The summed E-state index contributed by atoms with van der Waals surface area (Å²) in [6, 6.07) is 0. The molecule has 56 heavy (non-hydrogen) atoms. The minimum atomic E-state index is -0.772. The van der Waals surface area contributed by atoms with Gasteiger partial charge in [-0.05, 0) is 70.6 Å². The highest BCUT2D eigenvalue weighted by Gasteiger charge is 2.19. The van der Waals surface area contributed by atoms with Crippen LogP contribution < -0.4 is 0 Å². The maximum atomic E-state index is 12.7. The molecule has 0 aromatic heterocycles. The number of rotatable bonds is 44. The Hall–Kier alpha value is -2.11. The monoisotopic (exact) mass is 789 g/mol. The zero-order valence-corrected chi connectivity index (χ0v) is 37.4. The lowest BCUT2D eigenvalue weighted by Gasteiger charge is -2.18. The molecule has 328 valence electrons. The Bertz CT molecular complexity index is 911. The first-order chi connectivity index (χ1) is 27.5. The Morgan fingerprint density at radius 1 is 0.339 bits per heavy atom. The predicted molar refractivity (Wildman–Crippen MR) is 238 cm³/mol. The summed E-state index contributed by atoms with van der Waals surface area (Å²) >= 11 is 0. The van der Waals surface area contributed by atoms with E-state index in [1.54, 1.807) is 0 Å². The number of hydrogen-bond donors (Lipinski definition) is 0. The molecule has 0 spiro atoms. The van der Waals surface area contributed by atoms with Crippen molar-refractivity contribution in [2.24, 2.45) is 0 Å². The molecule has 0 saturated carbocycles. The van der Waals surface area contributed by atoms with Gasteiger partial charge < -0.3 is 14.2 Å². The van der Waals surface area contributed by atoms with Gasteiger partial charge in [0.25, 0.3) is 0 Å². The lowest BCUT2D eigenvalue weighted by atomic mass is 10.1. The third kappa shape index (κ3) is 43.0. The second-order valence-corrected chi connectivity index (χ2v) is 16.4. The second kappa shape index (κ2) is 45.6. The van der Waals surface area contributed by atoms with Crippen molar-refractivity contribution in [2.75, 3.05) is 13.2 Å². The summed E-state index contributed by atoms with van der Waals surface area (Å²) in [7, 11) is 0. The Morgan fingerprint density at radius 2 is 0.589 bits per heavy atom. The summed E-state index contributed by atoms with van der Waals surface area (Å²) in [6.07, 6.45) is 50.1. The third-order valence-electron chi connectivity index (χ3n) is 10.7. The smallest absolute Gasteiger partial charge is 0.306 e. The van der Waals surface area contributed by atoms with Gasteiger partial charge in [0.05, 0.1) is 0 Å². The Morgan fingerprint density at radius 3 is 0.911 bits per heavy atom. The molecule has 0 aromatic rings. The molecule has 0 aliphatic heterocycles. The van der Waals surface area contributed by atoms with Crippen molar-refractivity contribution in [1.29, 1.82) is 0 Å². The van der Waals surface area contributed by atoms with Gasteiger partial charge in [-0.15, -0.1) is 0 Å². The molecule has 0 amide bonds. The summed E-state index contributed by atoms with van der Waals surface area (Å²) in [5.74, 6) is -0.886. The average Bonchev–Trinajstić information content (AvgIpc) is 3.19. The highest BCUT2D eigenvalue weighted by Crippen LogP contribution is 2.14. The fourth-order valence-electron chi connectivity index (χ4n) is 6.96. The van der Waals surface area contributed by atoms with Crippen LogP contribution in [0.25, 0.3) is 0 Å². The van der Waals surface area contributed by atoms with Gasteiger partial charge >= 0.3 is 17.9 Å². The summed E-state index contributed by atoms with van der Waals surface area (Å²) in [4.78, 5) is 37.8. The zero-order valence-electron chi connectivity index (χ0n) is 37.4. The lowest BCUT2D eigenvalue weighted by Crippen LogP contribution is -2.30. The lowest BCUT2D eigenvalue weighted by molar-refractivity contribution is -0.167. The van der Waals surface area contributed by atoms with Gasteiger partial charge in [-0.2, -0.15) is 0 Å². The summed E-state index contributed by atoms with van der Waals surface area (Å²) < 4.78 is 16.7. The molecular weight excluding hydrogens is 697 g/mol. The summed E-state index contributed by atoms with van der Waals surface area (Å²) in [5.41, 5.74) is 0. The van der Waals surface area contributed by atoms with Crippen LogP contribution in [0.15, 0.2) is 24.3 Å². The molecule has 0 rings (SSSR count). The molecule has 0 saturated heterocycles. The van der Waals surface area contributed by atoms with Crippen molar-refractivity contribution >= 4 is 17.9 Å². The number of carbonyl (C=O) groups excluding carboxylic acids is 3. The van der Waals surface area contributed by atoms with Gasteiger partial charge in [-0.25, -0.2) is 0 Å². The molecule has 0 heterocycles. The van der Waals surface area contributed by atoms with E-state index < -0.39 is 6.10 Å². The van der Waals surface area contributed by atoms with Crippen LogP contribution in [0.3, 0.4) is 0 Å². The molecular formula is C50H92O6. The zero-order chi connectivity index (χ0) is 40.8. The van der Waals surface area contributed by atoms with Gasteiger partial charge in [-0.3, -0.25) is 14.4 Å². The Kier molecular flexibility index (Phi) is 43.9. The van der Waals surface area contributed by atoms with Crippen LogP contribution in [0.2, 0.25) is 0 Å². The first-order valence-electron chi connectivity index (χ1n) is 24.3. The van der Waals surface area contributed by atoms with Crippen molar-refractivity contribution < 1.29 is 28.6 Å². The van der Waals surface area contributed by atoms with Crippen molar-refractivity contribution in [3.8, 4) is 0 Å². The van der Waals surface area contributed by atoms with E-state index in [9.17, 15) is 14.4 Å². The molecule has 0 radical (unpaired) electrons. The molecule has 1 atom stereocenters. The molecule has 0 aliphatic rings. The van der Waals surface area contributed by atoms with E-state index in [1.807, 2.05) is 0 Å². The summed E-state index contributed by atoms with van der Waals surface area (Å²) in [5, 5.41) is 0. The van der Waals surface area contributed by atoms with E-state index in [-0.39, 0.29) is 31.1 Å². The molecule has 6 nitrogen and oxygen atoms in total. The SMILES string of the molecule is CCCCCC/C=C\CCCCCCCC(=O)OC(COC(=O)CCCCCCC/C=C\CCCCCCCC)COC(=O)CCCCCCCCCCCC. The molecule has 0 aliphatic carbocycles. The fourth-order valence-corrected chi connectivity index (χ4v) is 6.96. The largest absolute Gasteiger partial charge is 0.462 e. The van der Waals surface area contributed by atoms with E-state index in [4.69, 9.17) is 14.2 Å². The normalized spacial score (nSPS) is 12.1. The molecule has 0 bridgehead atoms. The number of hydrogen-bond acceptors (Lipinski definition) is 6. The fraction of sp³-hybridized carbons (Fsp3) is 0.860. The van der Waals surface area contributed by atoms with Gasteiger partial charge in [0.2, 0.25) is 0 Å². The summed E-state index contributed by atoms with van der Waals surface area (Å²) in [6.45, 7) is 6.60. The van der Waals surface area contributed by atoms with Crippen molar-refractivity contribution in [3.63, 3.8) is 0 Å². The van der Waals surface area contributed by atoms with E-state index >= 15 is 0 Å². The number of carbonyl (C=O) groups is 3. The van der Waals surface area contributed by atoms with Crippen molar-refractivity contribution in [3.05, 3.63) is 24.3 Å². The van der Waals surface area contributed by atoms with Crippen LogP contribution in [0.5, 0.6) is 0 Å². The quantitative estimate of drug-likeness (QED) is 0.0265. The minimum absolute atomic E-state index is 0.0743. The van der Waals surface area contributed by atoms with Gasteiger partial charge in [0.1, 0.15) is 13.2 Å². The Balaban J connectivity index is 4.36. The van der Waals surface area contributed by atoms with Crippen LogP contribution in [-0.4, -0.2) is 37.2 Å². The van der Waals surface area contributed by atoms with Gasteiger partial charge in [0.15, 0.2) is 6.10 Å². The highest BCUT2D eigenvalue weighted by atomic mass is 16.6. The molecule has 0 fully saturated rings. The maximum Gasteiger partial charge on any atom is 0.306 e. The third-order valence-corrected chi connectivity index (χ3v) is 10.7. The number of ether oxygens (including phenoxy) is 3. The van der Waals surface area contributed by atoms with Crippen molar-refractivity contribution in [2.45, 2.75) is 264 Å². The molecule has 0 aromatic carbocycles. The first kappa shape index (κ1) is 53.9. The highest BCUT2D eigenvalue weighted by molar-refractivity contribution is 5.71. The Labute approximate surface area is 347 Å². The number of allylic oxidation sites excluding steroid dienone is 4. The predicted octanol–water partition coefficient (Wildman–Crippen LogP) is 15.6. The molecule has 1 unspecified atom stereocenters. The topological polar surface area (TPSA) is 78.9 Å². The van der Waals surface area contributed by atoms with E-state index in [0.29, 0.717) is 19.3 Å². The van der Waals surface area contributed by atoms with E-state index in [2.05, 4.69) is 45.1 Å². The van der Waals surface area contributed by atoms with E-state index in [1.165, 1.54) is 148 Å². The standard InChI is InChI=1S/C50H92O6/c1-4-7-10-13-16-19-22-24-25-27-28-31-34-37-40-43-49(52)55-46-47(45-54-48(51)42-39-36-33-30-21-18-15-12-9-6-3)56-50(53)44-41-38-35-32-29-26-23-20-17-14-11-8-5-2/h20,23-25,47H,4-19,21-22,26-46H2,1-3H3/b23-20-,25-24-. The van der Waals surface area contributed by atoms with Crippen LogP contribution >= 0.6 is 0 Å².